The minimum absolute atomic E-state index is 0.0145. The van der Waals surface area contributed by atoms with Gasteiger partial charge < -0.3 is 9.73 Å². The Kier molecular flexibility index (Phi) is 4.21. The summed E-state index contributed by atoms with van der Waals surface area (Å²) in [6, 6.07) is 3.33. The molecule has 1 radical (unpaired) electrons. The van der Waals surface area contributed by atoms with Crippen molar-refractivity contribution in [2.24, 2.45) is 12.5 Å². The summed E-state index contributed by atoms with van der Waals surface area (Å²) in [6.45, 7) is 4.37. The Bertz CT molecular complexity index is 1040. The topological polar surface area (TPSA) is 106 Å². The van der Waals surface area contributed by atoms with E-state index >= 15 is 0 Å². The van der Waals surface area contributed by atoms with Crippen LogP contribution in [0.5, 0.6) is 0 Å². The third-order valence-corrected chi connectivity index (χ3v) is 4.70. The van der Waals surface area contributed by atoms with Crippen LogP contribution < -0.4 is 10.2 Å². The predicted octanol–water partition coefficient (Wildman–Crippen LogP) is 2.29. The molecule has 28 heavy (non-hydrogen) atoms. The summed E-state index contributed by atoms with van der Waals surface area (Å²) in [5.74, 6) is 0.262. The van der Waals surface area contributed by atoms with Gasteiger partial charge in [-0.3, -0.25) is 24.2 Å². The molecule has 2 amide bonds. The highest BCUT2D eigenvalue weighted by Gasteiger charge is 2.41. The number of pyridine rings is 1. The molecule has 4 rings (SSSR count). The molecule has 1 saturated heterocycles. The van der Waals surface area contributed by atoms with Gasteiger partial charge in [-0.25, -0.2) is 4.98 Å². The van der Waals surface area contributed by atoms with Gasteiger partial charge in [0.2, 0.25) is 11.8 Å². The number of nitrogens with zero attached hydrogens (tertiary/aromatic N) is 5. The zero-order valence-electron chi connectivity index (χ0n) is 15.8. The molecule has 0 aliphatic carbocycles. The van der Waals surface area contributed by atoms with E-state index in [2.05, 4.69) is 26.6 Å². The van der Waals surface area contributed by atoms with Crippen LogP contribution in [0.3, 0.4) is 0 Å². The Morgan fingerprint density at radius 3 is 2.89 bits per heavy atom. The largest absolute Gasteiger partial charge is 0.444 e. The smallest absolute Gasteiger partial charge is 0.277 e. The highest BCUT2D eigenvalue weighted by molar-refractivity contribution is 6.07. The molecule has 1 N–H and O–H groups in total. The number of aromatic nitrogens is 4. The number of hydrogen-bond donors (Lipinski definition) is 1. The molecule has 0 saturated carbocycles. The van der Waals surface area contributed by atoms with E-state index in [4.69, 9.17) is 4.42 Å². The van der Waals surface area contributed by atoms with Crippen molar-refractivity contribution in [1.82, 2.24) is 19.7 Å². The average molecular weight is 379 g/mol. The zero-order chi connectivity index (χ0) is 19.9. The number of hydrogen-bond acceptors (Lipinski definition) is 6. The molecule has 1 fully saturated rings. The molecule has 0 spiro atoms. The second-order valence-electron chi connectivity index (χ2n) is 7.30. The van der Waals surface area contributed by atoms with Gasteiger partial charge in [0.25, 0.3) is 5.91 Å². The molecule has 3 aromatic rings. The third-order valence-electron chi connectivity index (χ3n) is 4.70. The predicted molar refractivity (Wildman–Crippen MR) is 100 cm³/mol. The van der Waals surface area contributed by atoms with Crippen LogP contribution >= 0.6 is 0 Å². The molecule has 9 heteroatoms. The summed E-state index contributed by atoms with van der Waals surface area (Å²) >= 11 is 0. The van der Waals surface area contributed by atoms with Crippen LogP contribution in [0.4, 0.5) is 11.5 Å². The Morgan fingerprint density at radius 2 is 2.21 bits per heavy atom. The first kappa shape index (κ1) is 17.9. The van der Waals surface area contributed by atoms with Crippen molar-refractivity contribution in [1.29, 1.82) is 0 Å². The summed E-state index contributed by atoms with van der Waals surface area (Å²) in [7, 11) is 1.74. The molecule has 0 unspecified atom stereocenters. The highest BCUT2D eigenvalue weighted by atomic mass is 16.3. The lowest BCUT2D eigenvalue weighted by Gasteiger charge is -2.18. The van der Waals surface area contributed by atoms with E-state index in [1.54, 1.807) is 41.2 Å². The van der Waals surface area contributed by atoms with Crippen LogP contribution in [0.2, 0.25) is 0 Å². The van der Waals surface area contributed by atoms with Crippen LogP contribution in [-0.2, 0) is 11.8 Å². The molecule has 0 aromatic carbocycles. The van der Waals surface area contributed by atoms with E-state index in [0.717, 1.165) is 6.42 Å². The van der Waals surface area contributed by atoms with Gasteiger partial charge in [0, 0.05) is 30.8 Å². The summed E-state index contributed by atoms with van der Waals surface area (Å²) in [4.78, 5) is 34.9. The average Bonchev–Trinajstić information content (AvgIpc) is 3.35. The number of aryl methyl sites for hydroxylation is 1. The first-order valence-electron chi connectivity index (χ1n) is 8.80. The first-order chi connectivity index (χ1) is 13.3. The van der Waals surface area contributed by atoms with Gasteiger partial charge in [0.1, 0.15) is 12.0 Å². The molecule has 0 atom stereocenters. The van der Waals surface area contributed by atoms with E-state index in [-0.39, 0.29) is 11.6 Å². The SMILES string of the molecule is Cn1cc(NC(=O)c2coc(-c3c[c]ncc3)n2)c(N2CCC(C)(C)C2=O)n1. The molecule has 3 aromatic heterocycles. The maximum atomic E-state index is 12.6. The summed E-state index contributed by atoms with van der Waals surface area (Å²) in [6.07, 6.45) is 7.92. The van der Waals surface area contributed by atoms with Gasteiger partial charge in [0.15, 0.2) is 11.5 Å². The molecular weight excluding hydrogens is 360 g/mol. The second-order valence-corrected chi connectivity index (χ2v) is 7.30. The quantitative estimate of drug-likeness (QED) is 0.745. The van der Waals surface area contributed by atoms with Crippen molar-refractivity contribution in [3.63, 3.8) is 0 Å². The summed E-state index contributed by atoms with van der Waals surface area (Å²) in [5.41, 5.74) is 0.789. The van der Waals surface area contributed by atoms with Crippen LogP contribution in [0.1, 0.15) is 30.8 Å². The number of anilines is 2. The fourth-order valence-corrected chi connectivity index (χ4v) is 3.08. The van der Waals surface area contributed by atoms with Crippen LogP contribution in [0, 0.1) is 11.6 Å². The minimum atomic E-state index is -0.451. The Labute approximate surface area is 161 Å². The van der Waals surface area contributed by atoms with Crippen molar-refractivity contribution < 1.29 is 14.0 Å². The fourth-order valence-electron chi connectivity index (χ4n) is 3.08. The number of rotatable bonds is 4. The van der Waals surface area contributed by atoms with E-state index in [1.165, 1.54) is 6.26 Å². The lowest BCUT2D eigenvalue weighted by atomic mass is 9.92. The van der Waals surface area contributed by atoms with E-state index in [9.17, 15) is 9.59 Å². The normalized spacial score (nSPS) is 15.8. The number of carbonyl (C=O) groups excluding carboxylic acids is 2. The van der Waals surface area contributed by atoms with Crippen LogP contribution in [0.25, 0.3) is 11.5 Å². The lowest BCUT2D eigenvalue weighted by Crippen LogP contribution is -2.32. The molecule has 0 bridgehead atoms. The van der Waals surface area contributed by atoms with Gasteiger partial charge in [0.05, 0.1) is 12.4 Å². The monoisotopic (exact) mass is 379 g/mol. The Morgan fingerprint density at radius 1 is 1.39 bits per heavy atom. The van der Waals surface area contributed by atoms with Gasteiger partial charge >= 0.3 is 0 Å². The van der Waals surface area contributed by atoms with Gasteiger partial charge in [-0.2, -0.15) is 5.10 Å². The van der Waals surface area contributed by atoms with Crippen molar-refractivity contribution in [2.45, 2.75) is 20.3 Å². The first-order valence-corrected chi connectivity index (χ1v) is 8.80. The molecule has 1 aliphatic heterocycles. The summed E-state index contributed by atoms with van der Waals surface area (Å²) in [5, 5.41) is 7.14. The second kappa shape index (κ2) is 6.59. The van der Waals surface area contributed by atoms with Crippen LogP contribution in [-0.4, -0.2) is 38.1 Å². The van der Waals surface area contributed by atoms with Gasteiger partial charge in [-0.1, -0.05) is 13.8 Å². The van der Waals surface area contributed by atoms with E-state index < -0.39 is 11.3 Å². The standard InChI is InChI=1S/C19H19N6O3/c1-19(2)6-9-25(18(19)27)15-13(10-24(3)23-15)21-16(26)14-11-28-17(22-14)12-4-7-20-8-5-12/h4-5,7,10-11H,6,9H2,1-3H3,(H,21,26). The van der Waals surface area contributed by atoms with Gasteiger partial charge in [-0.15, -0.1) is 0 Å². The van der Waals surface area contributed by atoms with Crippen molar-refractivity contribution >= 4 is 23.3 Å². The minimum Gasteiger partial charge on any atom is -0.444 e. The van der Waals surface area contributed by atoms with Gasteiger partial charge in [-0.05, 0) is 18.6 Å². The van der Waals surface area contributed by atoms with Crippen LogP contribution in [0.15, 0.2) is 35.2 Å². The molecule has 1 aliphatic rings. The number of oxazole rings is 1. The summed E-state index contributed by atoms with van der Waals surface area (Å²) < 4.78 is 6.94. The van der Waals surface area contributed by atoms with E-state index in [1.807, 2.05) is 13.8 Å². The third kappa shape index (κ3) is 3.15. The van der Waals surface area contributed by atoms with E-state index in [0.29, 0.717) is 29.5 Å². The number of carbonyl (C=O) groups is 2. The Hall–Kier alpha value is -3.49. The molecule has 9 nitrogen and oxygen atoms in total. The fraction of sp³-hybridized carbons (Fsp3) is 0.316. The molecular formula is C19H19N6O3. The number of amides is 2. The molecule has 143 valence electrons. The van der Waals surface area contributed by atoms with Crippen molar-refractivity contribution in [3.05, 3.63) is 42.7 Å². The lowest BCUT2D eigenvalue weighted by molar-refractivity contribution is -0.124. The Balaban J connectivity index is 1.56. The highest BCUT2D eigenvalue weighted by Crippen LogP contribution is 2.36. The molecule has 4 heterocycles. The maximum absolute atomic E-state index is 12.6. The maximum Gasteiger partial charge on any atom is 0.277 e. The van der Waals surface area contributed by atoms with Crippen molar-refractivity contribution in [3.8, 4) is 11.5 Å². The number of nitrogens with one attached hydrogen (secondary N) is 1. The zero-order valence-corrected chi connectivity index (χ0v) is 15.8. The van der Waals surface area contributed by atoms with Crippen molar-refractivity contribution in [2.75, 3.05) is 16.8 Å².